The van der Waals surface area contributed by atoms with Gasteiger partial charge in [-0.05, 0) is 37.6 Å². The number of carbonyl (C=O) groups is 1. The third kappa shape index (κ3) is 3.89. The van der Waals surface area contributed by atoms with Gasteiger partial charge in [-0.1, -0.05) is 12.1 Å². The molecule has 4 heteroatoms. The fraction of sp³-hybridized carbons (Fsp3) is 0.400. The molecule has 102 valence electrons. The average Bonchev–Trinajstić information content (AvgIpc) is 2.36. The number of hydrogen-bond acceptors (Lipinski definition) is 2. The highest BCUT2D eigenvalue weighted by atomic mass is 19.1. The van der Waals surface area contributed by atoms with E-state index >= 15 is 0 Å². The van der Waals surface area contributed by atoms with Gasteiger partial charge in [0.15, 0.2) is 0 Å². The Labute approximate surface area is 112 Å². The van der Waals surface area contributed by atoms with Crippen LogP contribution in [-0.2, 0) is 9.53 Å². The van der Waals surface area contributed by atoms with Crippen molar-refractivity contribution in [1.29, 1.82) is 0 Å². The Bertz CT molecular complexity index is 460. The fourth-order valence-electron chi connectivity index (χ4n) is 2.20. The quantitative estimate of drug-likeness (QED) is 0.767. The van der Waals surface area contributed by atoms with Crippen molar-refractivity contribution in [2.24, 2.45) is 0 Å². The zero-order valence-electron chi connectivity index (χ0n) is 11.2. The maximum Gasteiger partial charge on any atom is 0.246 e. The first-order valence-electron chi connectivity index (χ1n) is 6.42. The van der Waals surface area contributed by atoms with Crippen LogP contribution in [0.15, 0.2) is 30.3 Å². The molecule has 0 aromatic heterocycles. The van der Waals surface area contributed by atoms with Crippen molar-refractivity contribution >= 4 is 12.0 Å². The van der Waals surface area contributed by atoms with Crippen LogP contribution in [0.1, 0.15) is 19.4 Å². The minimum Gasteiger partial charge on any atom is -0.372 e. The van der Waals surface area contributed by atoms with Crippen LogP contribution in [0, 0.1) is 5.82 Å². The summed E-state index contributed by atoms with van der Waals surface area (Å²) in [6, 6.07) is 6.04. The zero-order chi connectivity index (χ0) is 13.8. The van der Waals surface area contributed by atoms with E-state index in [1.807, 2.05) is 13.8 Å². The number of hydrogen-bond donors (Lipinski definition) is 0. The molecule has 2 atom stereocenters. The molecular weight excluding hydrogens is 245 g/mol. The van der Waals surface area contributed by atoms with E-state index in [-0.39, 0.29) is 23.9 Å². The van der Waals surface area contributed by atoms with Crippen LogP contribution in [-0.4, -0.2) is 36.1 Å². The third-order valence-corrected chi connectivity index (χ3v) is 3.02. The lowest BCUT2D eigenvalue weighted by molar-refractivity contribution is -0.137. The maximum atomic E-state index is 12.7. The van der Waals surface area contributed by atoms with E-state index in [0.717, 1.165) is 5.56 Å². The number of rotatable bonds is 2. The predicted molar refractivity (Wildman–Crippen MR) is 72.0 cm³/mol. The van der Waals surface area contributed by atoms with Gasteiger partial charge in [0.25, 0.3) is 0 Å². The van der Waals surface area contributed by atoms with Crippen LogP contribution in [0.25, 0.3) is 6.08 Å². The van der Waals surface area contributed by atoms with Crippen molar-refractivity contribution in [3.63, 3.8) is 0 Å². The Morgan fingerprint density at radius 3 is 2.42 bits per heavy atom. The maximum absolute atomic E-state index is 12.7. The summed E-state index contributed by atoms with van der Waals surface area (Å²) in [4.78, 5) is 13.8. The van der Waals surface area contributed by atoms with Gasteiger partial charge < -0.3 is 9.64 Å². The normalized spacial score (nSPS) is 23.8. The molecule has 0 spiro atoms. The molecule has 1 amide bonds. The molecule has 1 aromatic rings. The van der Waals surface area contributed by atoms with Crippen molar-refractivity contribution < 1.29 is 13.9 Å². The standard InChI is InChI=1S/C15H18FNO2/c1-11-9-17(10-12(2)19-11)15(18)8-5-13-3-6-14(16)7-4-13/h3-8,11-12H,9-10H2,1-2H3/b8-5+. The van der Waals surface area contributed by atoms with E-state index in [0.29, 0.717) is 13.1 Å². The molecule has 0 aliphatic carbocycles. The fourth-order valence-corrected chi connectivity index (χ4v) is 2.20. The van der Waals surface area contributed by atoms with Crippen molar-refractivity contribution in [3.05, 3.63) is 41.7 Å². The van der Waals surface area contributed by atoms with E-state index in [9.17, 15) is 9.18 Å². The van der Waals surface area contributed by atoms with Gasteiger partial charge in [0.1, 0.15) is 5.82 Å². The lowest BCUT2D eigenvalue weighted by Crippen LogP contribution is -2.47. The number of amides is 1. The highest BCUT2D eigenvalue weighted by molar-refractivity contribution is 5.91. The van der Waals surface area contributed by atoms with E-state index in [2.05, 4.69) is 0 Å². The second kappa shape index (κ2) is 5.97. The molecule has 2 unspecified atom stereocenters. The molecule has 1 heterocycles. The summed E-state index contributed by atoms with van der Waals surface area (Å²) in [5.41, 5.74) is 0.809. The van der Waals surface area contributed by atoms with Gasteiger partial charge >= 0.3 is 0 Å². The topological polar surface area (TPSA) is 29.5 Å². The van der Waals surface area contributed by atoms with E-state index < -0.39 is 0 Å². The lowest BCUT2D eigenvalue weighted by Gasteiger charge is -2.34. The highest BCUT2D eigenvalue weighted by Gasteiger charge is 2.24. The summed E-state index contributed by atoms with van der Waals surface area (Å²) >= 11 is 0. The summed E-state index contributed by atoms with van der Waals surface area (Å²) < 4.78 is 18.3. The van der Waals surface area contributed by atoms with Crippen molar-refractivity contribution in [1.82, 2.24) is 4.90 Å². The minimum absolute atomic E-state index is 0.0358. The zero-order valence-corrected chi connectivity index (χ0v) is 11.2. The molecule has 1 fully saturated rings. The Hall–Kier alpha value is -1.68. The molecule has 2 rings (SSSR count). The molecule has 0 N–H and O–H groups in total. The first-order valence-corrected chi connectivity index (χ1v) is 6.42. The number of halogens is 1. The molecule has 19 heavy (non-hydrogen) atoms. The van der Waals surface area contributed by atoms with Gasteiger partial charge in [-0.15, -0.1) is 0 Å². The van der Waals surface area contributed by atoms with Gasteiger partial charge in [-0.3, -0.25) is 4.79 Å². The second-order valence-corrected chi connectivity index (χ2v) is 4.89. The largest absolute Gasteiger partial charge is 0.372 e. The Morgan fingerprint density at radius 1 is 1.26 bits per heavy atom. The number of morpholine rings is 1. The van der Waals surface area contributed by atoms with E-state index in [4.69, 9.17) is 4.74 Å². The smallest absolute Gasteiger partial charge is 0.246 e. The molecule has 0 radical (unpaired) electrons. The molecular formula is C15H18FNO2. The van der Waals surface area contributed by atoms with Crippen LogP contribution in [0.5, 0.6) is 0 Å². The number of ether oxygens (including phenoxy) is 1. The van der Waals surface area contributed by atoms with Crippen LogP contribution in [0.4, 0.5) is 4.39 Å². The van der Waals surface area contributed by atoms with Gasteiger partial charge in [-0.25, -0.2) is 4.39 Å². The molecule has 1 aromatic carbocycles. The Balaban J connectivity index is 1.98. The van der Waals surface area contributed by atoms with E-state index in [1.54, 1.807) is 23.1 Å². The van der Waals surface area contributed by atoms with Crippen LogP contribution < -0.4 is 0 Å². The predicted octanol–water partition coefficient (Wildman–Crippen LogP) is 2.47. The second-order valence-electron chi connectivity index (χ2n) is 4.89. The van der Waals surface area contributed by atoms with Crippen LogP contribution in [0.3, 0.4) is 0 Å². The summed E-state index contributed by atoms with van der Waals surface area (Å²) in [6.45, 7) is 5.13. The summed E-state index contributed by atoms with van der Waals surface area (Å²) in [7, 11) is 0. The summed E-state index contributed by atoms with van der Waals surface area (Å²) in [5, 5.41) is 0. The van der Waals surface area contributed by atoms with Crippen molar-refractivity contribution in [2.45, 2.75) is 26.1 Å². The third-order valence-electron chi connectivity index (χ3n) is 3.02. The first kappa shape index (κ1) is 13.7. The molecule has 0 saturated carbocycles. The van der Waals surface area contributed by atoms with Gasteiger partial charge in [0.05, 0.1) is 12.2 Å². The summed E-state index contributed by atoms with van der Waals surface area (Å²) in [6.07, 6.45) is 3.35. The first-order chi connectivity index (χ1) is 9.04. The van der Waals surface area contributed by atoms with Gasteiger partial charge in [0, 0.05) is 19.2 Å². The monoisotopic (exact) mass is 263 g/mol. The average molecular weight is 263 g/mol. The Kier molecular flexibility index (Phi) is 4.32. The minimum atomic E-state index is -0.278. The van der Waals surface area contributed by atoms with Crippen molar-refractivity contribution in [2.75, 3.05) is 13.1 Å². The molecule has 1 aliphatic rings. The van der Waals surface area contributed by atoms with Crippen LogP contribution >= 0.6 is 0 Å². The number of benzene rings is 1. The molecule has 1 saturated heterocycles. The van der Waals surface area contributed by atoms with Crippen LogP contribution in [0.2, 0.25) is 0 Å². The van der Waals surface area contributed by atoms with Gasteiger partial charge in [-0.2, -0.15) is 0 Å². The Morgan fingerprint density at radius 2 is 1.84 bits per heavy atom. The highest BCUT2D eigenvalue weighted by Crippen LogP contribution is 2.12. The van der Waals surface area contributed by atoms with Gasteiger partial charge in [0.2, 0.25) is 5.91 Å². The van der Waals surface area contributed by atoms with E-state index in [1.165, 1.54) is 18.2 Å². The molecule has 3 nitrogen and oxygen atoms in total. The lowest BCUT2D eigenvalue weighted by atomic mass is 10.2. The number of carbonyl (C=O) groups excluding carboxylic acids is 1. The molecule has 0 bridgehead atoms. The SMILES string of the molecule is CC1CN(C(=O)/C=C/c2ccc(F)cc2)CC(C)O1. The summed E-state index contributed by atoms with van der Waals surface area (Å²) in [5.74, 6) is -0.314. The molecule has 1 aliphatic heterocycles. The van der Waals surface area contributed by atoms with Crippen molar-refractivity contribution in [3.8, 4) is 0 Å². The number of nitrogens with zero attached hydrogens (tertiary/aromatic N) is 1.